The zero-order valence-electron chi connectivity index (χ0n) is 17.7. The van der Waals surface area contributed by atoms with E-state index in [1.54, 1.807) is 6.92 Å². The van der Waals surface area contributed by atoms with Gasteiger partial charge in [0.05, 0.1) is 23.2 Å². The first-order valence-corrected chi connectivity index (χ1v) is 11.0. The molecule has 1 fully saturated rings. The van der Waals surface area contributed by atoms with Gasteiger partial charge < -0.3 is 15.3 Å². The van der Waals surface area contributed by atoms with Gasteiger partial charge in [0.25, 0.3) is 0 Å². The zero-order valence-corrected chi connectivity index (χ0v) is 17.7. The van der Waals surface area contributed by atoms with E-state index >= 15 is 0 Å². The second-order valence-electron chi connectivity index (χ2n) is 8.48. The Labute approximate surface area is 176 Å². The molecule has 8 nitrogen and oxygen atoms in total. The van der Waals surface area contributed by atoms with Crippen molar-refractivity contribution in [2.24, 2.45) is 0 Å². The van der Waals surface area contributed by atoms with Crippen LogP contribution in [0.1, 0.15) is 49.7 Å². The zero-order chi connectivity index (χ0) is 20.7. The van der Waals surface area contributed by atoms with Crippen molar-refractivity contribution in [2.75, 3.05) is 29.9 Å². The third-order valence-electron chi connectivity index (χ3n) is 5.97. The van der Waals surface area contributed by atoms with Gasteiger partial charge in [-0.2, -0.15) is 9.61 Å². The minimum absolute atomic E-state index is 0.450. The number of anilines is 2. The van der Waals surface area contributed by atoms with E-state index in [-0.39, 0.29) is 0 Å². The molecule has 3 aromatic rings. The van der Waals surface area contributed by atoms with Crippen molar-refractivity contribution in [3.63, 3.8) is 0 Å². The van der Waals surface area contributed by atoms with Gasteiger partial charge >= 0.3 is 0 Å². The molecule has 0 saturated carbocycles. The van der Waals surface area contributed by atoms with Gasteiger partial charge in [0.2, 0.25) is 0 Å². The lowest BCUT2D eigenvalue weighted by molar-refractivity contribution is 0.208. The highest BCUT2D eigenvalue weighted by atomic mass is 16.3. The summed E-state index contributed by atoms with van der Waals surface area (Å²) in [4.78, 5) is 17.0. The average Bonchev–Trinajstić information content (AvgIpc) is 3.41. The molecular formula is C22H29N7O. The smallest absolute Gasteiger partial charge is 0.160 e. The Bertz CT molecular complexity index is 1070. The van der Waals surface area contributed by atoms with Crippen molar-refractivity contribution in [3.05, 3.63) is 29.2 Å². The van der Waals surface area contributed by atoms with Gasteiger partial charge in [-0.3, -0.25) is 4.98 Å². The normalized spacial score (nSPS) is 17.4. The summed E-state index contributed by atoms with van der Waals surface area (Å²) in [7, 11) is 0. The average molecular weight is 408 g/mol. The van der Waals surface area contributed by atoms with E-state index in [0.717, 1.165) is 71.7 Å². The molecule has 1 aliphatic heterocycles. The fourth-order valence-electron chi connectivity index (χ4n) is 4.39. The topological polar surface area (TPSA) is 91.5 Å². The van der Waals surface area contributed by atoms with Gasteiger partial charge in [-0.15, -0.1) is 0 Å². The molecule has 0 bridgehead atoms. The van der Waals surface area contributed by atoms with Crippen molar-refractivity contribution >= 4 is 17.3 Å². The number of aryl methyl sites for hydroxylation is 3. The molecule has 0 amide bonds. The first kappa shape index (κ1) is 19.2. The largest absolute Gasteiger partial charge is 0.392 e. The minimum Gasteiger partial charge on any atom is -0.392 e. The summed E-state index contributed by atoms with van der Waals surface area (Å²) in [5, 5.41) is 17.9. The van der Waals surface area contributed by atoms with E-state index in [2.05, 4.69) is 10.2 Å². The molecule has 30 heavy (non-hydrogen) atoms. The summed E-state index contributed by atoms with van der Waals surface area (Å²) in [5.41, 5.74) is 5.57. The van der Waals surface area contributed by atoms with Crippen molar-refractivity contribution < 1.29 is 5.11 Å². The molecule has 1 saturated heterocycles. The van der Waals surface area contributed by atoms with Crippen LogP contribution in [0.15, 0.2) is 12.1 Å². The van der Waals surface area contributed by atoms with Gasteiger partial charge in [0.1, 0.15) is 23.0 Å². The minimum atomic E-state index is -0.452. The summed E-state index contributed by atoms with van der Waals surface area (Å²) >= 11 is 0. The lowest BCUT2D eigenvalue weighted by Gasteiger charge is -2.18. The predicted molar refractivity (Wildman–Crippen MR) is 117 cm³/mol. The highest BCUT2D eigenvalue weighted by Gasteiger charge is 2.21. The molecule has 158 valence electrons. The molecule has 3 aromatic heterocycles. The van der Waals surface area contributed by atoms with Gasteiger partial charge in [-0.25, -0.2) is 9.97 Å². The highest BCUT2D eigenvalue weighted by molar-refractivity contribution is 5.67. The first-order chi connectivity index (χ1) is 14.6. The second kappa shape index (κ2) is 7.83. The molecular weight excluding hydrogens is 378 g/mol. The van der Waals surface area contributed by atoms with Crippen LogP contribution in [0.4, 0.5) is 11.6 Å². The Morgan fingerprint density at radius 1 is 1.03 bits per heavy atom. The van der Waals surface area contributed by atoms with Gasteiger partial charge in [-0.1, -0.05) is 0 Å². The number of fused-ring (bicyclic) bond motifs is 2. The maximum atomic E-state index is 9.76. The number of hydrogen-bond acceptors (Lipinski definition) is 7. The molecule has 1 aliphatic carbocycles. The van der Waals surface area contributed by atoms with Crippen LogP contribution in [0.5, 0.6) is 0 Å². The lowest BCUT2D eigenvalue weighted by atomic mass is 10.00. The van der Waals surface area contributed by atoms with E-state index in [4.69, 9.17) is 20.1 Å². The monoisotopic (exact) mass is 407 g/mol. The number of rotatable bonds is 5. The molecule has 0 spiro atoms. The number of nitrogens with zero attached hydrogens (tertiary/aromatic N) is 6. The van der Waals surface area contributed by atoms with Crippen LogP contribution in [0.3, 0.4) is 0 Å². The Morgan fingerprint density at radius 3 is 2.50 bits per heavy atom. The Hall–Kier alpha value is -2.74. The van der Waals surface area contributed by atoms with Gasteiger partial charge in [-0.05, 0) is 52.4 Å². The summed E-state index contributed by atoms with van der Waals surface area (Å²) in [6.45, 7) is 6.28. The maximum absolute atomic E-state index is 9.76. The van der Waals surface area contributed by atoms with Crippen LogP contribution in [0.25, 0.3) is 17.0 Å². The van der Waals surface area contributed by atoms with Crippen molar-refractivity contribution in [3.8, 4) is 11.4 Å². The number of nitrogens with one attached hydrogen (secondary N) is 1. The van der Waals surface area contributed by atoms with Crippen molar-refractivity contribution in [1.82, 2.24) is 24.6 Å². The number of aliphatic hydroxyl groups excluding tert-OH is 1. The van der Waals surface area contributed by atoms with Crippen LogP contribution in [-0.4, -0.2) is 55.4 Å². The van der Waals surface area contributed by atoms with Gasteiger partial charge in [0.15, 0.2) is 5.65 Å². The van der Waals surface area contributed by atoms with E-state index in [1.165, 1.54) is 25.7 Å². The molecule has 0 radical (unpaired) electrons. The first-order valence-electron chi connectivity index (χ1n) is 11.0. The summed E-state index contributed by atoms with van der Waals surface area (Å²) in [6.07, 6.45) is 6.30. The predicted octanol–water partition coefficient (Wildman–Crippen LogP) is 2.77. The second-order valence-corrected chi connectivity index (χ2v) is 8.48. The third kappa shape index (κ3) is 3.60. The molecule has 2 aliphatic rings. The van der Waals surface area contributed by atoms with Crippen molar-refractivity contribution in [1.29, 1.82) is 0 Å². The summed E-state index contributed by atoms with van der Waals surface area (Å²) < 4.78 is 1.82. The quantitative estimate of drug-likeness (QED) is 0.672. The van der Waals surface area contributed by atoms with Crippen molar-refractivity contribution in [2.45, 2.75) is 58.5 Å². The van der Waals surface area contributed by atoms with Crippen LogP contribution in [-0.2, 0) is 12.8 Å². The molecule has 0 unspecified atom stereocenters. The maximum Gasteiger partial charge on any atom is 0.160 e. The molecule has 5 rings (SSSR count). The standard InChI is InChI=1S/C22H29N7O/c1-14(30)13-23-19-12-20(28-9-5-6-10-28)26-21-11-18(27-29(19)21)22-15(2)24-16-7-3-4-8-17(16)25-22/h11-12,14,23,30H,3-10,13H2,1-2H3/t14-/m1/s1. The highest BCUT2D eigenvalue weighted by Crippen LogP contribution is 2.28. The van der Waals surface area contributed by atoms with Crippen LogP contribution < -0.4 is 10.2 Å². The Kier molecular flexibility index (Phi) is 5.02. The lowest BCUT2D eigenvalue weighted by Crippen LogP contribution is -2.21. The summed E-state index contributed by atoms with van der Waals surface area (Å²) in [6, 6.07) is 4.03. The fourth-order valence-corrected chi connectivity index (χ4v) is 4.39. The van der Waals surface area contributed by atoms with E-state index in [1.807, 2.05) is 23.6 Å². The molecule has 8 heteroatoms. The number of hydrogen-bond donors (Lipinski definition) is 2. The fraction of sp³-hybridized carbons (Fsp3) is 0.545. The Balaban J connectivity index is 1.59. The number of aromatic nitrogens is 5. The van der Waals surface area contributed by atoms with E-state index in [0.29, 0.717) is 6.54 Å². The van der Waals surface area contributed by atoms with Crippen LogP contribution in [0, 0.1) is 6.92 Å². The third-order valence-corrected chi connectivity index (χ3v) is 5.97. The number of aliphatic hydroxyl groups is 1. The molecule has 2 N–H and O–H groups in total. The molecule has 1 atom stereocenters. The van der Waals surface area contributed by atoms with Crippen LogP contribution >= 0.6 is 0 Å². The summed E-state index contributed by atoms with van der Waals surface area (Å²) in [5.74, 6) is 1.78. The van der Waals surface area contributed by atoms with Gasteiger partial charge in [0, 0.05) is 31.8 Å². The molecule has 0 aromatic carbocycles. The molecule has 4 heterocycles. The van der Waals surface area contributed by atoms with E-state index < -0.39 is 6.10 Å². The van der Waals surface area contributed by atoms with E-state index in [9.17, 15) is 5.11 Å². The SMILES string of the molecule is Cc1nc2c(nc1-c1cc3nc(N4CCCC4)cc(NC[C@@H](C)O)n3n1)CCCC2. The Morgan fingerprint density at radius 2 is 1.77 bits per heavy atom. The van der Waals surface area contributed by atoms with Crippen LogP contribution in [0.2, 0.25) is 0 Å².